The normalized spacial score (nSPS) is 14.5. The van der Waals surface area contributed by atoms with E-state index >= 15 is 0 Å². The Morgan fingerprint density at radius 3 is 2.37 bits per heavy atom. The third-order valence-corrected chi connectivity index (χ3v) is 3.29. The molecule has 0 aromatic heterocycles. The van der Waals surface area contributed by atoms with Crippen LogP contribution < -0.4 is 10.1 Å². The molecule has 2 unspecified atom stereocenters. The number of rotatable bonds is 7. The second kappa shape index (κ2) is 7.46. The minimum absolute atomic E-state index is 0.0755. The topological polar surface area (TPSA) is 30.5 Å². The van der Waals surface area contributed by atoms with Gasteiger partial charge in [-0.2, -0.15) is 0 Å². The van der Waals surface area contributed by atoms with E-state index in [0.717, 1.165) is 0 Å². The number of hydrogen-bond donors (Lipinski definition) is 1. The van der Waals surface area contributed by atoms with Crippen LogP contribution in [0.4, 0.5) is 4.39 Å². The lowest BCUT2D eigenvalue weighted by Gasteiger charge is -2.26. The Labute approximate surface area is 115 Å². The van der Waals surface area contributed by atoms with Gasteiger partial charge in [0.25, 0.3) is 0 Å². The van der Waals surface area contributed by atoms with Crippen molar-refractivity contribution in [3.05, 3.63) is 29.6 Å². The Kier molecular flexibility index (Phi) is 6.25. The third-order valence-electron chi connectivity index (χ3n) is 3.29. The maximum absolute atomic E-state index is 14.0. The van der Waals surface area contributed by atoms with E-state index in [1.54, 1.807) is 19.2 Å². The Morgan fingerprint density at radius 2 is 1.89 bits per heavy atom. The number of halogens is 1. The Bertz CT molecular complexity index is 396. The van der Waals surface area contributed by atoms with Gasteiger partial charge >= 0.3 is 0 Å². The molecule has 2 atom stereocenters. The fraction of sp³-hybridized carbons (Fsp3) is 0.600. The molecule has 0 amide bonds. The van der Waals surface area contributed by atoms with Crippen molar-refractivity contribution in [3.8, 4) is 5.75 Å². The van der Waals surface area contributed by atoms with Crippen LogP contribution in [-0.2, 0) is 4.74 Å². The SMILES string of the molecule is COCC(NC(C)c1ccc(OC)cc1F)C(C)C. The summed E-state index contributed by atoms with van der Waals surface area (Å²) in [5, 5.41) is 3.41. The van der Waals surface area contributed by atoms with Gasteiger partial charge in [0.05, 0.1) is 13.7 Å². The van der Waals surface area contributed by atoms with Crippen LogP contribution in [0.2, 0.25) is 0 Å². The predicted molar refractivity (Wildman–Crippen MR) is 75.0 cm³/mol. The Balaban J connectivity index is 2.79. The molecule has 4 heteroatoms. The van der Waals surface area contributed by atoms with Gasteiger partial charge in [0, 0.05) is 30.8 Å². The Hall–Kier alpha value is -1.13. The number of nitrogens with one attached hydrogen (secondary N) is 1. The third kappa shape index (κ3) is 4.48. The largest absolute Gasteiger partial charge is 0.497 e. The van der Waals surface area contributed by atoms with Crippen molar-refractivity contribution in [1.82, 2.24) is 5.32 Å². The molecule has 0 aliphatic rings. The van der Waals surface area contributed by atoms with Crippen LogP contribution in [0.1, 0.15) is 32.4 Å². The summed E-state index contributed by atoms with van der Waals surface area (Å²) in [5.41, 5.74) is 0.641. The van der Waals surface area contributed by atoms with E-state index in [-0.39, 0.29) is 17.9 Å². The molecular formula is C15H24FNO2. The van der Waals surface area contributed by atoms with Crippen LogP contribution in [0.3, 0.4) is 0 Å². The van der Waals surface area contributed by atoms with Gasteiger partial charge in [-0.15, -0.1) is 0 Å². The monoisotopic (exact) mass is 269 g/mol. The molecule has 3 nitrogen and oxygen atoms in total. The summed E-state index contributed by atoms with van der Waals surface area (Å²) in [7, 11) is 3.21. The van der Waals surface area contributed by atoms with Crippen molar-refractivity contribution < 1.29 is 13.9 Å². The molecule has 0 bridgehead atoms. The number of hydrogen-bond acceptors (Lipinski definition) is 3. The highest BCUT2D eigenvalue weighted by Gasteiger charge is 2.18. The second-order valence-corrected chi connectivity index (χ2v) is 5.08. The zero-order valence-corrected chi connectivity index (χ0v) is 12.4. The van der Waals surface area contributed by atoms with Crippen LogP contribution in [0, 0.1) is 11.7 Å². The van der Waals surface area contributed by atoms with E-state index in [1.807, 2.05) is 6.92 Å². The molecule has 0 aliphatic carbocycles. The highest BCUT2D eigenvalue weighted by Crippen LogP contribution is 2.22. The molecule has 0 radical (unpaired) electrons. The predicted octanol–water partition coefficient (Wildman–Crippen LogP) is 3.16. The lowest BCUT2D eigenvalue weighted by Crippen LogP contribution is -2.39. The van der Waals surface area contributed by atoms with Crippen molar-refractivity contribution >= 4 is 0 Å². The number of ether oxygens (including phenoxy) is 2. The average Bonchev–Trinajstić information content (AvgIpc) is 2.37. The first-order chi connectivity index (χ1) is 8.99. The molecule has 0 saturated carbocycles. The molecule has 0 heterocycles. The molecule has 1 N–H and O–H groups in total. The smallest absolute Gasteiger partial charge is 0.131 e. The molecule has 19 heavy (non-hydrogen) atoms. The summed E-state index contributed by atoms with van der Waals surface area (Å²) in [6.45, 7) is 6.80. The van der Waals surface area contributed by atoms with Crippen molar-refractivity contribution in [2.45, 2.75) is 32.9 Å². The van der Waals surface area contributed by atoms with Crippen LogP contribution >= 0.6 is 0 Å². The van der Waals surface area contributed by atoms with Gasteiger partial charge in [-0.05, 0) is 18.9 Å². The molecule has 0 spiro atoms. The van der Waals surface area contributed by atoms with Gasteiger partial charge in [0.1, 0.15) is 11.6 Å². The maximum atomic E-state index is 14.0. The molecule has 0 aliphatic heterocycles. The first-order valence-corrected chi connectivity index (χ1v) is 6.58. The van der Waals surface area contributed by atoms with Gasteiger partial charge in [0.2, 0.25) is 0 Å². The standard InChI is InChI=1S/C15H24FNO2/c1-10(2)15(9-18-4)17-11(3)13-7-6-12(19-5)8-14(13)16/h6-8,10-11,15,17H,9H2,1-5H3. The van der Waals surface area contributed by atoms with Gasteiger partial charge in [-0.3, -0.25) is 0 Å². The molecule has 1 aromatic carbocycles. The summed E-state index contributed by atoms with van der Waals surface area (Å²) in [6.07, 6.45) is 0. The zero-order valence-electron chi connectivity index (χ0n) is 12.4. The summed E-state index contributed by atoms with van der Waals surface area (Å²) >= 11 is 0. The fourth-order valence-electron chi connectivity index (χ4n) is 2.01. The minimum atomic E-state index is -0.251. The lowest BCUT2D eigenvalue weighted by molar-refractivity contribution is 0.141. The average molecular weight is 269 g/mol. The van der Waals surface area contributed by atoms with E-state index < -0.39 is 0 Å². The minimum Gasteiger partial charge on any atom is -0.497 e. The highest BCUT2D eigenvalue weighted by atomic mass is 19.1. The highest BCUT2D eigenvalue weighted by molar-refractivity contribution is 5.30. The van der Waals surface area contributed by atoms with E-state index in [9.17, 15) is 4.39 Å². The summed E-state index contributed by atoms with van der Waals surface area (Å²) in [5.74, 6) is 0.703. The van der Waals surface area contributed by atoms with Gasteiger partial charge < -0.3 is 14.8 Å². The number of methoxy groups -OCH3 is 2. The van der Waals surface area contributed by atoms with Crippen molar-refractivity contribution in [2.75, 3.05) is 20.8 Å². The molecule has 1 rings (SSSR count). The summed E-state index contributed by atoms with van der Waals surface area (Å²) in [6, 6.07) is 5.07. The first-order valence-electron chi connectivity index (χ1n) is 6.58. The second-order valence-electron chi connectivity index (χ2n) is 5.08. The van der Waals surface area contributed by atoms with E-state index in [0.29, 0.717) is 23.8 Å². The van der Waals surface area contributed by atoms with Gasteiger partial charge in [0.15, 0.2) is 0 Å². The summed E-state index contributed by atoms with van der Waals surface area (Å²) in [4.78, 5) is 0. The summed E-state index contributed by atoms with van der Waals surface area (Å²) < 4.78 is 24.2. The van der Waals surface area contributed by atoms with Gasteiger partial charge in [-0.25, -0.2) is 4.39 Å². The van der Waals surface area contributed by atoms with E-state index in [2.05, 4.69) is 19.2 Å². The van der Waals surface area contributed by atoms with Crippen LogP contribution in [0.5, 0.6) is 5.75 Å². The first kappa shape index (κ1) is 15.9. The van der Waals surface area contributed by atoms with Crippen molar-refractivity contribution in [1.29, 1.82) is 0 Å². The molecule has 1 aromatic rings. The molecule has 0 saturated heterocycles. The molecule has 0 fully saturated rings. The number of benzene rings is 1. The lowest BCUT2D eigenvalue weighted by atomic mass is 10.0. The van der Waals surface area contributed by atoms with Crippen molar-refractivity contribution in [3.63, 3.8) is 0 Å². The fourth-order valence-corrected chi connectivity index (χ4v) is 2.01. The zero-order chi connectivity index (χ0) is 14.4. The molecular weight excluding hydrogens is 245 g/mol. The van der Waals surface area contributed by atoms with Crippen LogP contribution in [-0.4, -0.2) is 26.9 Å². The quantitative estimate of drug-likeness (QED) is 0.825. The van der Waals surface area contributed by atoms with Crippen LogP contribution in [0.25, 0.3) is 0 Å². The van der Waals surface area contributed by atoms with Crippen LogP contribution in [0.15, 0.2) is 18.2 Å². The maximum Gasteiger partial charge on any atom is 0.131 e. The van der Waals surface area contributed by atoms with E-state index in [4.69, 9.17) is 9.47 Å². The van der Waals surface area contributed by atoms with Gasteiger partial charge in [-0.1, -0.05) is 19.9 Å². The molecule has 108 valence electrons. The van der Waals surface area contributed by atoms with E-state index in [1.165, 1.54) is 13.2 Å². The van der Waals surface area contributed by atoms with Crippen molar-refractivity contribution in [2.24, 2.45) is 5.92 Å². The Morgan fingerprint density at radius 1 is 1.21 bits per heavy atom.